The van der Waals surface area contributed by atoms with Gasteiger partial charge in [0, 0.05) is 86.9 Å². The molecule has 0 radical (unpaired) electrons. The van der Waals surface area contributed by atoms with Crippen LogP contribution in [0.4, 0.5) is 0 Å². The molecule has 13 aromatic rings. The highest BCUT2D eigenvalue weighted by molar-refractivity contribution is 5.94. The number of hydrogen-bond acceptors (Lipinski definition) is 15. The van der Waals surface area contributed by atoms with Gasteiger partial charge in [-0.1, -0.05) is 30.4 Å². The molecule has 0 fully saturated rings. The van der Waals surface area contributed by atoms with E-state index in [4.69, 9.17) is 54.1 Å². The molecule has 0 amide bonds. The Morgan fingerprint density at radius 1 is 0.500 bits per heavy atom. The highest BCUT2D eigenvalue weighted by Crippen LogP contribution is 2.36. The molecule has 82 heavy (non-hydrogen) atoms. The summed E-state index contributed by atoms with van der Waals surface area (Å²) < 4.78 is 24.9. The summed E-state index contributed by atoms with van der Waals surface area (Å²) in [5.74, 6) is 0.146. The minimum Gasteiger partial charge on any atom is -0.457 e. The Labute approximate surface area is 469 Å². The standard InChI is InChI=1S/C64H53N15O3/c1-35-43-13-8-9-15-52(43)75-63(67-35)81-33-57-38(4)79-28-24-54-46(61(79)72-57)18-21-50(70-54)42-29-47-36(2)68-64(76-55(47)30-42)82-34-58-39(5)78-27-23-53-45(60(78)73-58)17-20-48(69-53)40-11-6-7-12-41-31-66-62(74-49(41)19-16-40)80-32-56-37(3)77-26-22-51-44(59(77)71-56)14-10-25-65-51/h8-11,13-28,31,42H,6-7,12,29-30,32-34H2,1-5H3. The van der Waals surface area contributed by atoms with Crippen LogP contribution in [0.3, 0.4) is 0 Å². The van der Waals surface area contributed by atoms with Gasteiger partial charge in [-0.3, -0.25) is 9.97 Å². The summed E-state index contributed by atoms with van der Waals surface area (Å²) in [7, 11) is 0. The van der Waals surface area contributed by atoms with E-state index in [0.29, 0.717) is 18.0 Å². The van der Waals surface area contributed by atoms with Crippen molar-refractivity contribution in [3.63, 3.8) is 0 Å². The predicted molar refractivity (Wildman–Crippen MR) is 312 cm³/mol. The first-order valence-electron chi connectivity index (χ1n) is 27.6. The van der Waals surface area contributed by atoms with E-state index in [-0.39, 0.29) is 25.7 Å². The van der Waals surface area contributed by atoms with Crippen molar-refractivity contribution in [1.82, 2.24) is 73.0 Å². The Morgan fingerprint density at radius 3 is 1.84 bits per heavy atom. The minimum absolute atomic E-state index is 0.146. The molecule has 2 aliphatic carbocycles. The molecule has 0 N–H and O–H groups in total. The Morgan fingerprint density at radius 2 is 1.11 bits per heavy atom. The summed E-state index contributed by atoms with van der Waals surface area (Å²) >= 11 is 0. The van der Waals surface area contributed by atoms with E-state index in [1.54, 1.807) is 6.20 Å². The number of pyridine rings is 6. The number of nitrogens with zero attached hydrogens (tertiary/aromatic N) is 15. The lowest BCUT2D eigenvalue weighted by Gasteiger charge is -2.10. The van der Waals surface area contributed by atoms with Crippen molar-refractivity contribution >= 4 is 72.2 Å². The maximum absolute atomic E-state index is 6.37. The van der Waals surface area contributed by atoms with E-state index < -0.39 is 0 Å². The van der Waals surface area contributed by atoms with Gasteiger partial charge in [0.2, 0.25) is 0 Å². The number of benzene rings is 1. The lowest BCUT2D eigenvalue weighted by molar-refractivity contribution is 0.274. The number of allylic oxidation sites excluding steroid dienone is 3. The quantitative estimate of drug-likeness (QED) is 0.119. The molecule has 15 rings (SSSR count). The molecule has 18 nitrogen and oxygen atoms in total. The molecule has 18 heteroatoms. The SMILES string of the molecule is Cc1nc(OCc2nc3c4ccc(C5=CCCCc6cnc(OCc7nc8c9cccnc9ccn8c7C)nc6C=C5)nc4ccn3c2C)nc2c1CC(c1ccc3c(ccn4c(C)c(COc5nc(C)c6ccccc6n5)nc34)n1)C2. The van der Waals surface area contributed by atoms with Gasteiger partial charge in [-0.25, -0.2) is 29.9 Å². The second-order valence-electron chi connectivity index (χ2n) is 21.2. The molecule has 12 heterocycles. The molecule has 2 aliphatic rings. The highest BCUT2D eigenvalue weighted by Gasteiger charge is 2.29. The molecule has 0 bridgehead atoms. The first kappa shape index (κ1) is 49.0. The number of para-hydroxylation sites is 1. The van der Waals surface area contributed by atoms with Crippen LogP contribution in [-0.2, 0) is 39.1 Å². The van der Waals surface area contributed by atoms with Crippen LogP contribution in [0.2, 0.25) is 0 Å². The van der Waals surface area contributed by atoms with Gasteiger partial charge in [-0.15, -0.1) is 0 Å². The van der Waals surface area contributed by atoms with Gasteiger partial charge in [0.05, 0.1) is 61.9 Å². The topological polar surface area (TPSA) is 196 Å². The highest BCUT2D eigenvalue weighted by atomic mass is 16.5. The number of imidazole rings is 3. The third-order valence-corrected chi connectivity index (χ3v) is 16.3. The second-order valence-corrected chi connectivity index (χ2v) is 21.2. The molecule has 0 aliphatic heterocycles. The smallest absolute Gasteiger partial charge is 0.317 e. The maximum atomic E-state index is 6.37. The van der Waals surface area contributed by atoms with Gasteiger partial charge in [0.1, 0.15) is 36.8 Å². The number of rotatable bonds is 11. The molecule has 402 valence electrons. The van der Waals surface area contributed by atoms with E-state index in [1.165, 1.54) is 0 Å². The molecule has 1 aromatic carbocycles. The zero-order chi connectivity index (χ0) is 55.2. The second kappa shape index (κ2) is 19.6. The molecule has 12 aromatic heterocycles. The van der Waals surface area contributed by atoms with Crippen LogP contribution in [0.5, 0.6) is 18.0 Å². The summed E-state index contributed by atoms with van der Waals surface area (Å²) in [6, 6.07) is 27.4. The molecule has 1 atom stereocenters. The molecule has 0 saturated heterocycles. The Bertz CT molecular complexity index is 4850. The minimum atomic E-state index is 0.146. The van der Waals surface area contributed by atoms with Crippen molar-refractivity contribution in [1.29, 1.82) is 0 Å². The molecule has 1 unspecified atom stereocenters. The fraction of sp³-hybridized carbons (Fsp3) is 0.219. The first-order chi connectivity index (χ1) is 40.1. The zero-order valence-electron chi connectivity index (χ0n) is 45.8. The number of hydrogen-bond donors (Lipinski definition) is 0. The van der Waals surface area contributed by atoms with E-state index >= 15 is 0 Å². The van der Waals surface area contributed by atoms with E-state index in [2.05, 4.69) is 89.5 Å². The Kier molecular flexibility index (Phi) is 11.7. The third kappa shape index (κ3) is 8.56. The maximum Gasteiger partial charge on any atom is 0.317 e. The van der Waals surface area contributed by atoms with Crippen LogP contribution in [0, 0.1) is 34.6 Å². The van der Waals surface area contributed by atoms with Crippen LogP contribution < -0.4 is 14.2 Å². The zero-order valence-corrected chi connectivity index (χ0v) is 45.8. The Hall–Kier alpha value is -10.1. The van der Waals surface area contributed by atoms with Crippen LogP contribution in [0.15, 0.2) is 122 Å². The van der Waals surface area contributed by atoms with Crippen molar-refractivity contribution in [2.24, 2.45) is 0 Å². The number of aromatic nitrogens is 15. The van der Waals surface area contributed by atoms with Gasteiger partial charge in [0.25, 0.3) is 0 Å². The molecule has 0 spiro atoms. The van der Waals surface area contributed by atoms with Crippen molar-refractivity contribution in [2.75, 3.05) is 0 Å². The van der Waals surface area contributed by atoms with Crippen LogP contribution in [0.1, 0.15) is 98.2 Å². The lowest BCUT2D eigenvalue weighted by Crippen LogP contribution is -2.05. The average Bonchev–Trinajstić information content (AvgIpc) is 4.38. The van der Waals surface area contributed by atoms with Gasteiger partial charge in [-0.2, -0.15) is 19.9 Å². The summed E-state index contributed by atoms with van der Waals surface area (Å²) in [5, 5.41) is 3.91. The first-order valence-corrected chi connectivity index (χ1v) is 27.6. The number of ether oxygens (including phenoxy) is 3. The monoisotopic (exact) mass is 1080 g/mol. The van der Waals surface area contributed by atoms with Crippen LogP contribution >= 0.6 is 0 Å². The Balaban J connectivity index is 0.617. The van der Waals surface area contributed by atoms with Gasteiger partial charge < -0.3 is 27.4 Å². The fourth-order valence-electron chi connectivity index (χ4n) is 11.7. The van der Waals surface area contributed by atoms with E-state index in [1.807, 2.05) is 100 Å². The van der Waals surface area contributed by atoms with Crippen molar-refractivity contribution in [3.8, 4) is 18.0 Å². The molecular formula is C64H53N15O3. The number of fused-ring (bicyclic) bond motifs is 12. The summed E-state index contributed by atoms with van der Waals surface area (Å²) in [6.07, 6.45) is 20.3. The summed E-state index contributed by atoms with van der Waals surface area (Å²) in [6.45, 7) is 10.9. The van der Waals surface area contributed by atoms with E-state index in [0.717, 1.165) is 178 Å². The normalized spacial score (nSPS) is 14.5. The van der Waals surface area contributed by atoms with Crippen molar-refractivity contribution in [3.05, 3.63) is 201 Å². The third-order valence-electron chi connectivity index (χ3n) is 16.3. The number of aryl methyl sites for hydroxylation is 6. The summed E-state index contributed by atoms with van der Waals surface area (Å²) in [5.41, 5.74) is 20.1. The van der Waals surface area contributed by atoms with Crippen molar-refractivity contribution in [2.45, 2.75) is 92.5 Å². The van der Waals surface area contributed by atoms with Gasteiger partial charge >= 0.3 is 18.0 Å². The molecule has 0 saturated carbocycles. The van der Waals surface area contributed by atoms with Crippen LogP contribution in [0.25, 0.3) is 72.2 Å². The van der Waals surface area contributed by atoms with Gasteiger partial charge in [0.15, 0.2) is 0 Å². The van der Waals surface area contributed by atoms with Gasteiger partial charge in [-0.05, 0) is 150 Å². The summed E-state index contributed by atoms with van der Waals surface area (Å²) in [4.78, 5) is 58.5. The lowest BCUT2D eigenvalue weighted by atomic mass is 10.0. The van der Waals surface area contributed by atoms with E-state index in [9.17, 15) is 0 Å². The fourth-order valence-corrected chi connectivity index (χ4v) is 11.7. The van der Waals surface area contributed by atoms with Crippen LogP contribution in [-0.4, -0.2) is 73.0 Å². The largest absolute Gasteiger partial charge is 0.457 e. The average molecular weight is 1080 g/mol. The molecular weight excluding hydrogens is 1030 g/mol. The predicted octanol–water partition coefficient (Wildman–Crippen LogP) is 11.4. The van der Waals surface area contributed by atoms with Crippen molar-refractivity contribution < 1.29 is 14.2 Å².